The van der Waals surface area contributed by atoms with Gasteiger partial charge in [0.1, 0.15) is 0 Å². The number of pyridine rings is 1. The zero-order valence-corrected chi connectivity index (χ0v) is 12.5. The van der Waals surface area contributed by atoms with E-state index in [0.717, 1.165) is 33.4 Å². The molecular formula is C17H13N3OS. The number of hydrogen-bond acceptors (Lipinski definition) is 5. The fourth-order valence-electron chi connectivity index (χ4n) is 2.33. The van der Waals surface area contributed by atoms with Gasteiger partial charge in [-0.15, -0.1) is 0 Å². The first kappa shape index (κ1) is 13.0. The van der Waals surface area contributed by atoms with Gasteiger partial charge in [0.2, 0.25) is 0 Å². The average molecular weight is 307 g/mol. The van der Waals surface area contributed by atoms with Gasteiger partial charge in [-0.25, -0.2) is 4.98 Å². The first-order valence-electron chi connectivity index (χ1n) is 6.95. The van der Waals surface area contributed by atoms with Gasteiger partial charge in [0.15, 0.2) is 5.13 Å². The van der Waals surface area contributed by atoms with Gasteiger partial charge in [-0.1, -0.05) is 23.5 Å². The molecule has 0 radical (unpaired) electrons. The monoisotopic (exact) mass is 307 g/mol. The van der Waals surface area contributed by atoms with Crippen LogP contribution in [0.1, 0.15) is 0 Å². The zero-order valence-electron chi connectivity index (χ0n) is 11.7. The maximum atomic E-state index is 5.23. The number of rotatable bonds is 3. The smallest absolute Gasteiger partial charge is 0.190 e. The lowest BCUT2D eigenvalue weighted by Gasteiger charge is -2.16. The van der Waals surface area contributed by atoms with Crippen LogP contribution in [0.25, 0.3) is 21.7 Å². The van der Waals surface area contributed by atoms with Crippen molar-refractivity contribution in [1.29, 1.82) is 0 Å². The molecular weight excluding hydrogens is 294 g/mol. The van der Waals surface area contributed by atoms with E-state index in [1.165, 1.54) is 0 Å². The Hall–Kier alpha value is -2.66. The van der Waals surface area contributed by atoms with Crippen LogP contribution in [-0.4, -0.2) is 16.5 Å². The first-order valence-corrected chi connectivity index (χ1v) is 7.77. The van der Waals surface area contributed by atoms with Crippen LogP contribution in [0.15, 0.2) is 72.0 Å². The van der Waals surface area contributed by atoms with E-state index in [1.54, 1.807) is 36.3 Å². The fraction of sp³-hybridized carbons (Fsp3) is 0.0588. The van der Waals surface area contributed by atoms with E-state index in [2.05, 4.69) is 16.0 Å². The molecule has 0 unspecified atom stereocenters. The van der Waals surface area contributed by atoms with Crippen LogP contribution in [0.3, 0.4) is 0 Å². The molecule has 0 saturated heterocycles. The van der Waals surface area contributed by atoms with E-state index < -0.39 is 0 Å². The lowest BCUT2D eigenvalue weighted by atomic mass is 10.1. The minimum atomic E-state index is 0.838. The van der Waals surface area contributed by atoms with Crippen LogP contribution in [0, 0.1) is 0 Å². The molecule has 5 heteroatoms. The summed E-state index contributed by atoms with van der Waals surface area (Å²) in [5.74, 6) is 0. The van der Waals surface area contributed by atoms with Crippen LogP contribution in [-0.2, 0) is 0 Å². The average Bonchev–Trinajstić information content (AvgIpc) is 3.26. The van der Waals surface area contributed by atoms with Crippen molar-refractivity contribution in [2.45, 2.75) is 0 Å². The fourth-order valence-corrected chi connectivity index (χ4v) is 3.42. The summed E-state index contributed by atoms with van der Waals surface area (Å²) in [7, 11) is 0. The Morgan fingerprint density at radius 3 is 2.73 bits per heavy atom. The number of aromatic nitrogens is 2. The lowest BCUT2D eigenvalue weighted by Crippen LogP contribution is -2.16. The Labute approximate surface area is 132 Å². The predicted octanol–water partition coefficient (Wildman–Crippen LogP) is 4.36. The second-order valence-corrected chi connectivity index (χ2v) is 5.82. The molecule has 1 aliphatic heterocycles. The van der Waals surface area contributed by atoms with Crippen molar-refractivity contribution in [1.82, 2.24) is 9.97 Å². The zero-order chi connectivity index (χ0) is 14.8. The van der Waals surface area contributed by atoms with Gasteiger partial charge in [-0.3, -0.25) is 4.98 Å². The number of hydrogen-bond donors (Lipinski definition) is 0. The molecule has 0 N–H and O–H groups in total. The first-order chi connectivity index (χ1) is 10.9. The molecule has 0 amide bonds. The SMILES string of the molecule is C1=CCN(c2nc(-c3ccoc3)c(-c3ccncc3)s2)C=C1. The van der Waals surface area contributed by atoms with Gasteiger partial charge in [0.05, 0.1) is 23.1 Å². The van der Waals surface area contributed by atoms with Crippen molar-refractivity contribution in [3.8, 4) is 21.7 Å². The van der Waals surface area contributed by atoms with Crippen LogP contribution in [0.5, 0.6) is 0 Å². The van der Waals surface area contributed by atoms with Gasteiger partial charge in [0.25, 0.3) is 0 Å². The highest BCUT2D eigenvalue weighted by atomic mass is 32.1. The summed E-state index contributed by atoms with van der Waals surface area (Å²) >= 11 is 1.68. The Balaban J connectivity index is 1.83. The molecule has 3 aromatic heterocycles. The molecule has 108 valence electrons. The molecule has 4 heterocycles. The van der Waals surface area contributed by atoms with Crippen LogP contribution < -0.4 is 4.90 Å². The number of anilines is 1. The van der Waals surface area contributed by atoms with Gasteiger partial charge >= 0.3 is 0 Å². The third-order valence-electron chi connectivity index (χ3n) is 3.41. The van der Waals surface area contributed by atoms with Crippen molar-refractivity contribution in [2.24, 2.45) is 0 Å². The van der Waals surface area contributed by atoms with E-state index >= 15 is 0 Å². The Kier molecular flexibility index (Phi) is 3.33. The summed E-state index contributed by atoms with van der Waals surface area (Å²) in [4.78, 5) is 12.2. The normalized spacial score (nSPS) is 13.7. The topological polar surface area (TPSA) is 42.2 Å². The highest BCUT2D eigenvalue weighted by Crippen LogP contribution is 2.40. The van der Waals surface area contributed by atoms with Crippen LogP contribution in [0.4, 0.5) is 5.13 Å². The maximum absolute atomic E-state index is 5.23. The molecule has 0 aliphatic carbocycles. The quantitative estimate of drug-likeness (QED) is 0.721. The highest BCUT2D eigenvalue weighted by Gasteiger charge is 2.18. The molecule has 0 fully saturated rings. The van der Waals surface area contributed by atoms with E-state index in [0.29, 0.717) is 0 Å². The predicted molar refractivity (Wildman–Crippen MR) is 88.7 cm³/mol. The molecule has 1 aliphatic rings. The minimum absolute atomic E-state index is 0.838. The summed E-state index contributed by atoms with van der Waals surface area (Å²) in [5.41, 5.74) is 3.06. The lowest BCUT2D eigenvalue weighted by molar-refractivity contribution is 0.568. The second-order valence-electron chi connectivity index (χ2n) is 4.84. The Bertz CT molecular complexity index is 819. The third kappa shape index (κ3) is 2.35. The summed E-state index contributed by atoms with van der Waals surface area (Å²) in [6.45, 7) is 0.838. The second kappa shape index (κ2) is 5.61. The standard InChI is InChI=1S/C17H13N3OS/c1-2-9-20(10-3-1)17-19-15(14-6-11-21-12-14)16(22-17)13-4-7-18-8-5-13/h1-9,11-12H,10H2. The molecule has 4 rings (SSSR count). The van der Waals surface area contributed by atoms with Crippen LogP contribution in [0.2, 0.25) is 0 Å². The molecule has 22 heavy (non-hydrogen) atoms. The van der Waals surface area contributed by atoms with Crippen molar-refractivity contribution in [2.75, 3.05) is 11.4 Å². The largest absolute Gasteiger partial charge is 0.472 e. The van der Waals surface area contributed by atoms with Crippen molar-refractivity contribution >= 4 is 16.5 Å². The molecule has 0 spiro atoms. The van der Waals surface area contributed by atoms with Gasteiger partial charge < -0.3 is 9.32 Å². The number of furan rings is 1. The molecule has 3 aromatic rings. The van der Waals surface area contributed by atoms with Crippen molar-refractivity contribution < 1.29 is 4.42 Å². The number of allylic oxidation sites excluding steroid dienone is 2. The van der Waals surface area contributed by atoms with Crippen molar-refractivity contribution in [3.63, 3.8) is 0 Å². The van der Waals surface area contributed by atoms with Gasteiger partial charge in [-0.2, -0.15) is 0 Å². The molecule has 0 saturated carbocycles. The van der Waals surface area contributed by atoms with E-state index in [1.807, 2.05) is 36.6 Å². The summed E-state index contributed by atoms with van der Waals surface area (Å²) < 4.78 is 5.23. The summed E-state index contributed by atoms with van der Waals surface area (Å²) in [6, 6.07) is 5.95. The Morgan fingerprint density at radius 1 is 1.09 bits per heavy atom. The van der Waals surface area contributed by atoms with Crippen molar-refractivity contribution in [3.05, 3.63) is 67.5 Å². The van der Waals surface area contributed by atoms with Gasteiger partial charge in [-0.05, 0) is 29.8 Å². The Morgan fingerprint density at radius 2 is 2.00 bits per heavy atom. The number of thiazole rings is 1. The summed E-state index contributed by atoms with van der Waals surface area (Å²) in [5, 5.41) is 0.976. The molecule has 0 aromatic carbocycles. The summed E-state index contributed by atoms with van der Waals surface area (Å²) in [6.07, 6.45) is 15.2. The third-order valence-corrected chi connectivity index (χ3v) is 4.56. The molecule has 0 atom stereocenters. The van der Waals surface area contributed by atoms with E-state index in [-0.39, 0.29) is 0 Å². The highest BCUT2D eigenvalue weighted by molar-refractivity contribution is 7.19. The van der Waals surface area contributed by atoms with E-state index in [4.69, 9.17) is 9.40 Å². The molecule has 4 nitrogen and oxygen atoms in total. The van der Waals surface area contributed by atoms with E-state index in [9.17, 15) is 0 Å². The number of nitrogens with zero attached hydrogens (tertiary/aromatic N) is 3. The van der Waals surface area contributed by atoms with Crippen LogP contribution >= 0.6 is 11.3 Å². The minimum Gasteiger partial charge on any atom is -0.472 e. The molecule has 0 bridgehead atoms. The van der Waals surface area contributed by atoms with Gasteiger partial charge in [0, 0.05) is 30.7 Å². The maximum Gasteiger partial charge on any atom is 0.190 e.